The van der Waals surface area contributed by atoms with Crippen LogP contribution in [0.4, 0.5) is 5.69 Å². The van der Waals surface area contributed by atoms with E-state index in [1.54, 1.807) is 13.0 Å². The molecule has 10 heteroatoms. The van der Waals surface area contributed by atoms with E-state index in [0.717, 1.165) is 0 Å². The molecule has 0 heterocycles. The molecule has 0 atom stereocenters. The van der Waals surface area contributed by atoms with E-state index in [1.165, 1.54) is 38.5 Å². The van der Waals surface area contributed by atoms with Crippen molar-refractivity contribution in [2.75, 3.05) is 32.2 Å². The molecule has 28 heavy (non-hydrogen) atoms. The highest BCUT2D eigenvalue weighted by molar-refractivity contribution is 7.92. The fourth-order valence-corrected chi connectivity index (χ4v) is 3.61. The largest absolute Gasteiger partial charge is 0.493 e. The van der Waals surface area contributed by atoms with Crippen molar-refractivity contribution in [3.8, 4) is 11.5 Å². The third kappa shape index (κ3) is 5.06. The second-order valence-electron chi connectivity index (χ2n) is 5.71. The van der Waals surface area contributed by atoms with Crippen molar-refractivity contribution in [2.24, 2.45) is 0 Å². The monoisotopic (exact) mass is 429 g/mol. The van der Waals surface area contributed by atoms with Crippen molar-refractivity contribution in [1.82, 2.24) is 0 Å². The maximum atomic E-state index is 12.7. The molecule has 0 bridgehead atoms. The molecule has 0 radical (unpaired) electrons. The molecular weight excluding hydrogens is 410 g/mol. The van der Waals surface area contributed by atoms with Crippen molar-refractivity contribution in [3.05, 3.63) is 46.5 Å². The Morgan fingerprint density at radius 1 is 1.14 bits per heavy atom. The minimum Gasteiger partial charge on any atom is -0.493 e. The number of aromatic carboxylic acids is 1. The Morgan fingerprint density at radius 2 is 1.86 bits per heavy atom. The normalized spacial score (nSPS) is 11.1. The number of nitrogens with one attached hydrogen (secondary N) is 1. The summed E-state index contributed by atoms with van der Waals surface area (Å²) in [5.41, 5.74) is 0.250. The molecule has 0 aliphatic rings. The fraction of sp³-hybridized carbons (Fsp3) is 0.278. The summed E-state index contributed by atoms with van der Waals surface area (Å²) in [7, 11) is -1.24. The number of sulfonamides is 1. The average molecular weight is 430 g/mol. The van der Waals surface area contributed by atoms with Gasteiger partial charge in [-0.2, -0.15) is 0 Å². The lowest BCUT2D eigenvalue weighted by atomic mass is 10.1. The first-order valence-electron chi connectivity index (χ1n) is 8.05. The van der Waals surface area contributed by atoms with Gasteiger partial charge in [0, 0.05) is 24.3 Å². The van der Waals surface area contributed by atoms with Gasteiger partial charge in [0.1, 0.15) is 6.61 Å². The number of carboxylic acids is 1. The summed E-state index contributed by atoms with van der Waals surface area (Å²) >= 11 is 6.01. The molecular formula is C18H20ClNO7S. The zero-order valence-corrected chi connectivity index (χ0v) is 17.1. The Balaban J connectivity index is 2.47. The van der Waals surface area contributed by atoms with Crippen molar-refractivity contribution in [2.45, 2.75) is 11.8 Å². The van der Waals surface area contributed by atoms with Crippen LogP contribution < -0.4 is 14.2 Å². The summed E-state index contributed by atoms with van der Waals surface area (Å²) < 4.78 is 43.2. The van der Waals surface area contributed by atoms with Crippen LogP contribution >= 0.6 is 11.6 Å². The van der Waals surface area contributed by atoms with Gasteiger partial charge in [-0.25, -0.2) is 13.2 Å². The maximum Gasteiger partial charge on any atom is 0.337 e. The molecule has 0 spiro atoms. The third-order valence-corrected chi connectivity index (χ3v) is 5.55. The van der Waals surface area contributed by atoms with Gasteiger partial charge in [0.25, 0.3) is 10.0 Å². The predicted molar refractivity (Wildman–Crippen MR) is 104 cm³/mol. The van der Waals surface area contributed by atoms with Crippen LogP contribution in [-0.4, -0.2) is 46.9 Å². The van der Waals surface area contributed by atoms with Gasteiger partial charge < -0.3 is 19.3 Å². The number of methoxy groups -OCH3 is 2. The molecule has 2 aromatic carbocycles. The lowest BCUT2D eigenvalue weighted by Crippen LogP contribution is -2.16. The van der Waals surface area contributed by atoms with E-state index < -0.39 is 16.0 Å². The summed E-state index contributed by atoms with van der Waals surface area (Å²) in [6.07, 6.45) is 0. The molecule has 0 aromatic heterocycles. The number of hydrogen-bond acceptors (Lipinski definition) is 6. The molecule has 0 aliphatic heterocycles. The highest BCUT2D eigenvalue weighted by Crippen LogP contribution is 2.35. The predicted octanol–water partition coefficient (Wildman–Crippen LogP) is 3.18. The number of benzene rings is 2. The van der Waals surface area contributed by atoms with Crippen LogP contribution in [0.3, 0.4) is 0 Å². The molecule has 0 aliphatic carbocycles. The van der Waals surface area contributed by atoms with Crippen LogP contribution in [0.1, 0.15) is 15.9 Å². The van der Waals surface area contributed by atoms with Crippen LogP contribution in [0, 0.1) is 6.92 Å². The standard InChI is InChI=1S/C18H20ClNO7S/c1-11-4-5-12(8-14(11)19)28(23,24)20-15-10-17(27-7-6-25-2)16(26-3)9-13(15)18(21)22/h4-5,8-10,20H,6-7H2,1-3H3,(H,21,22). The summed E-state index contributed by atoms with van der Waals surface area (Å²) in [5.74, 6) is -1.01. The number of hydrogen-bond donors (Lipinski definition) is 2. The number of rotatable bonds is 9. The average Bonchev–Trinajstić information content (AvgIpc) is 2.63. The van der Waals surface area contributed by atoms with Gasteiger partial charge >= 0.3 is 5.97 Å². The number of carbonyl (C=O) groups is 1. The Bertz CT molecular complexity index is 976. The quantitative estimate of drug-likeness (QED) is 0.589. The zero-order chi connectivity index (χ0) is 20.9. The number of aryl methyl sites for hydroxylation is 1. The van der Waals surface area contributed by atoms with E-state index >= 15 is 0 Å². The van der Waals surface area contributed by atoms with E-state index in [9.17, 15) is 18.3 Å². The molecule has 2 rings (SSSR count). The molecule has 0 saturated carbocycles. The molecule has 8 nitrogen and oxygen atoms in total. The first-order chi connectivity index (χ1) is 13.2. The summed E-state index contributed by atoms with van der Waals surface area (Å²) in [5, 5.41) is 9.74. The topological polar surface area (TPSA) is 111 Å². The molecule has 0 amide bonds. The van der Waals surface area contributed by atoms with Crippen LogP contribution in [0.2, 0.25) is 5.02 Å². The highest BCUT2D eigenvalue weighted by atomic mass is 35.5. The Hall–Kier alpha value is -2.49. The lowest BCUT2D eigenvalue weighted by molar-refractivity contribution is 0.0697. The minimum absolute atomic E-state index is 0.0999. The number of carboxylic acid groups (broad SMARTS) is 1. The van der Waals surface area contributed by atoms with Gasteiger partial charge in [0.05, 0.1) is 29.9 Å². The smallest absolute Gasteiger partial charge is 0.337 e. The van der Waals surface area contributed by atoms with E-state index in [4.69, 9.17) is 25.8 Å². The van der Waals surface area contributed by atoms with Crippen LogP contribution in [0.15, 0.2) is 35.2 Å². The second kappa shape index (κ2) is 9.13. The minimum atomic E-state index is -4.09. The molecule has 0 fully saturated rings. The Labute approximate surface area is 168 Å². The first kappa shape index (κ1) is 21.8. The Kier molecular flexibility index (Phi) is 7.11. The lowest BCUT2D eigenvalue weighted by Gasteiger charge is -2.16. The Morgan fingerprint density at radius 3 is 2.43 bits per heavy atom. The van der Waals surface area contributed by atoms with Crippen LogP contribution in [0.25, 0.3) is 0 Å². The zero-order valence-electron chi connectivity index (χ0n) is 15.5. The molecule has 152 valence electrons. The van der Waals surface area contributed by atoms with Gasteiger partial charge in [-0.05, 0) is 24.6 Å². The summed E-state index contributed by atoms with van der Waals surface area (Å²) in [6.45, 7) is 2.19. The molecule has 2 aromatic rings. The van der Waals surface area contributed by atoms with Gasteiger partial charge in [-0.1, -0.05) is 17.7 Å². The van der Waals surface area contributed by atoms with Crippen molar-refractivity contribution < 1.29 is 32.5 Å². The number of anilines is 1. The number of halogens is 1. The summed E-state index contributed by atoms with van der Waals surface area (Å²) in [4.78, 5) is 11.5. The van der Waals surface area contributed by atoms with Gasteiger partial charge in [0.15, 0.2) is 11.5 Å². The highest BCUT2D eigenvalue weighted by Gasteiger charge is 2.22. The number of ether oxygens (including phenoxy) is 3. The van der Waals surface area contributed by atoms with Gasteiger partial charge in [-0.3, -0.25) is 4.72 Å². The van der Waals surface area contributed by atoms with Gasteiger partial charge in [-0.15, -0.1) is 0 Å². The maximum absolute atomic E-state index is 12.7. The van der Waals surface area contributed by atoms with E-state index in [0.29, 0.717) is 5.56 Å². The van der Waals surface area contributed by atoms with E-state index in [-0.39, 0.29) is 45.9 Å². The SMILES string of the molecule is COCCOc1cc(NS(=O)(=O)c2ccc(C)c(Cl)c2)c(C(=O)O)cc1OC. The fourth-order valence-electron chi connectivity index (χ4n) is 2.27. The first-order valence-corrected chi connectivity index (χ1v) is 9.91. The van der Waals surface area contributed by atoms with E-state index in [1.807, 2.05) is 0 Å². The van der Waals surface area contributed by atoms with Crippen LogP contribution in [0.5, 0.6) is 11.5 Å². The van der Waals surface area contributed by atoms with E-state index in [2.05, 4.69) is 4.72 Å². The van der Waals surface area contributed by atoms with Crippen molar-refractivity contribution >= 4 is 33.3 Å². The molecule has 0 saturated heterocycles. The van der Waals surface area contributed by atoms with Crippen molar-refractivity contribution in [1.29, 1.82) is 0 Å². The molecule has 2 N–H and O–H groups in total. The summed E-state index contributed by atoms with van der Waals surface area (Å²) in [6, 6.07) is 6.67. The van der Waals surface area contributed by atoms with Crippen LogP contribution in [-0.2, 0) is 14.8 Å². The van der Waals surface area contributed by atoms with Gasteiger partial charge in [0.2, 0.25) is 0 Å². The third-order valence-electron chi connectivity index (χ3n) is 3.78. The second-order valence-corrected chi connectivity index (χ2v) is 7.80. The molecule has 0 unspecified atom stereocenters. The van der Waals surface area contributed by atoms with Crippen molar-refractivity contribution in [3.63, 3.8) is 0 Å².